The summed E-state index contributed by atoms with van der Waals surface area (Å²) in [6, 6.07) is 17.2. The Hall–Kier alpha value is -1.88. The number of ketones is 1. The van der Waals surface area contributed by atoms with Crippen LogP contribution in [0, 0.1) is 0 Å². The first-order valence-corrected chi connectivity index (χ1v) is 9.92. The van der Waals surface area contributed by atoms with Crippen molar-refractivity contribution in [3.63, 3.8) is 0 Å². The molecule has 0 aromatic heterocycles. The Balaban J connectivity index is 0.00000280. The van der Waals surface area contributed by atoms with Gasteiger partial charge in [-0.1, -0.05) is 55.0 Å². The molecule has 0 spiro atoms. The van der Waals surface area contributed by atoms with E-state index in [2.05, 4.69) is 4.90 Å². The highest BCUT2D eigenvalue weighted by atomic mass is 35.5. The maximum Gasteiger partial charge on any atom is 0.163 e. The number of carbonyl (C=O) groups is 1. The van der Waals surface area contributed by atoms with E-state index in [0.717, 1.165) is 30.0 Å². The van der Waals surface area contributed by atoms with E-state index in [-0.39, 0.29) is 24.8 Å². The number of aliphatic hydroxyl groups excluding tert-OH is 1. The lowest BCUT2D eigenvalue weighted by molar-refractivity contribution is 0.0614. The summed E-state index contributed by atoms with van der Waals surface area (Å²) >= 11 is 0. The van der Waals surface area contributed by atoms with Gasteiger partial charge in [0.2, 0.25) is 0 Å². The third kappa shape index (κ3) is 6.93. The third-order valence-electron chi connectivity index (χ3n) is 5.04. The molecule has 0 aliphatic carbocycles. The molecule has 28 heavy (non-hydrogen) atoms. The summed E-state index contributed by atoms with van der Waals surface area (Å²) in [6.07, 6.45) is 4.30. The number of carbonyl (C=O) groups excluding carboxylic acids is 1. The van der Waals surface area contributed by atoms with Crippen LogP contribution in [0.5, 0.6) is 5.75 Å². The molecular formula is C23H30ClNO3. The first-order valence-electron chi connectivity index (χ1n) is 9.92. The van der Waals surface area contributed by atoms with Crippen molar-refractivity contribution in [1.82, 2.24) is 4.90 Å². The number of hydrogen-bond donors (Lipinski definition) is 1. The van der Waals surface area contributed by atoms with Crippen molar-refractivity contribution in [1.29, 1.82) is 0 Å². The number of nitrogens with zero attached hydrogens (tertiary/aromatic N) is 1. The maximum atomic E-state index is 12.3. The molecule has 5 heteroatoms. The summed E-state index contributed by atoms with van der Waals surface area (Å²) in [5.41, 5.74) is 1.75. The topological polar surface area (TPSA) is 49.8 Å². The molecule has 1 N–H and O–H groups in total. The summed E-state index contributed by atoms with van der Waals surface area (Å²) in [4.78, 5) is 14.6. The minimum Gasteiger partial charge on any atom is -0.491 e. The summed E-state index contributed by atoms with van der Waals surface area (Å²) in [7, 11) is 0. The molecule has 1 unspecified atom stereocenters. The van der Waals surface area contributed by atoms with Crippen LogP contribution in [0.3, 0.4) is 0 Å². The number of rotatable bonds is 9. The van der Waals surface area contributed by atoms with Gasteiger partial charge < -0.3 is 14.7 Å². The number of likely N-dealkylation sites (tertiary alicyclic amines) is 1. The normalized spacial score (nSPS) is 15.5. The van der Waals surface area contributed by atoms with Crippen molar-refractivity contribution in [3.05, 3.63) is 65.7 Å². The molecule has 4 nitrogen and oxygen atoms in total. The quantitative estimate of drug-likeness (QED) is 0.639. The number of piperidine rings is 1. The zero-order valence-electron chi connectivity index (χ0n) is 16.3. The van der Waals surface area contributed by atoms with E-state index in [1.807, 2.05) is 54.6 Å². The van der Waals surface area contributed by atoms with Crippen LogP contribution in [0.1, 0.15) is 41.6 Å². The average Bonchev–Trinajstić information content (AvgIpc) is 2.72. The van der Waals surface area contributed by atoms with Crippen molar-refractivity contribution in [3.8, 4) is 5.75 Å². The van der Waals surface area contributed by atoms with Crippen LogP contribution in [0.25, 0.3) is 0 Å². The number of halogens is 1. The lowest BCUT2D eigenvalue weighted by Crippen LogP contribution is -2.38. The fourth-order valence-electron chi connectivity index (χ4n) is 3.55. The molecule has 2 aromatic carbocycles. The van der Waals surface area contributed by atoms with Gasteiger partial charge in [-0.25, -0.2) is 0 Å². The second-order valence-corrected chi connectivity index (χ2v) is 7.22. The summed E-state index contributed by atoms with van der Waals surface area (Å²) < 4.78 is 5.89. The van der Waals surface area contributed by atoms with Gasteiger partial charge in [0.25, 0.3) is 0 Å². The van der Waals surface area contributed by atoms with Gasteiger partial charge in [0.05, 0.1) is 0 Å². The van der Waals surface area contributed by atoms with E-state index in [1.54, 1.807) is 0 Å². The predicted molar refractivity (Wildman–Crippen MR) is 115 cm³/mol. The highest BCUT2D eigenvalue weighted by Gasteiger charge is 2.16. The van der Waals surface area contributed by atoms with E-state index in [9.17, 15) is 9.90 Å². The molecule has 1 atom stereocenters. The summed E-state index contributed by atoms with van der Waals surface area (Å²) in [5, 5.41) is 10.3. The Morgan fingerprint density at radius 1 is 1.00 bits per heavy atom. The van der Waals surface area contributed by atoms with Gasteiger partial charge in [-0.2, -0.15) is 0 Å². The van der Waals surface area contributed by atoms with Crippen LogP contribution in [-0.4, -0.2) is 48.1 Å². The Morgan fingerprint density at radius 3 is 2.43 bits per heavy atom. The number of benzene rings is 2. The molecule has 0 radical (unpaired) electrons. The maximum absolute atomic E-state index is 12.3. The summed E-state index contributed by atoms with van der Waals surface area (Å²) in [6.45, 7) is 3.07. The van der Waals surface area contributed by atoms with Gasteiger partial charge in [-0.05, 0) is 44.0 Å². The predicted octanol–water partition coefficient (Wildman–Crippen LogP) is 4.15. The van der Waals surface area contributed by atoms with Gasteiger partial charge >= 0.3 is 0 Å². The molecule has 1 fully saturated rings. The molecule has 1 aliphatic rings. The number of hydrogen-bond acceptors (Lipinski definition) is 4. The fourth-order valence-corrected chi connectivity index (χ4v) is 3.55. The molecule has 0 saturated carbocycles. The molecule has 0 amide bonds. The molecule has 1 saturated heterocycles. The van der Waals surface area contributed by atoms with E-state index in [0.29, 0.717) is 19.4 Å². The van der Waals surface area contributed by atoms with E-state index in [4.69, 9.17) is 4.74 Å². The van der Waals surface area contributed by atoms with E-state index >= 15 is 0 Å². The number of β-amino-alcohol motifs (C(OH)–C–C–N with tert-alkyl or cyclic N) is 1. The van der Waals surface area contributed by atoms with Crippen molar-refractivity contribution < 1.29 is 14.6 Å². The number of aliphatic hydroxyl groups is 1. The third-order valence-corrected chi connectivity index (χ3v) is 5.04. The Labute approximate surface area is 173 Å². The smallest absolute Gasteiger partial charge is 0.163 e. The van der Waals surface area contributed by atoms with Crippen LogP contribution in [0.4, 0.5) is 0 Å². The van der Waals surface area contributed by atoms with Crippen molar-refractivity contribution >= 4 is 18.2 Å². The van der Waals surface area contributed by atoms with Crippen LogP contribution in [0.2, 0.25) is 0 Å². The van der Waals surface area contributed by atoms with E-state index in [1.165, 1.54) is 19.3 Å². The summed E-state index contributed by atoms with van der Waals surface area (Å²) in [5.74, 6) is 0.895. The Kier molecular flexibility index (Phi) is 9.48. The van der Waals surface area contributed by atoms with Crippen molar-refractivity contribution in [2.45, 2.75) is 38.2 Å². The molecule has 3 rings (SSSR count). The van der Waals surface area contributed by atoms with Crippen LogP contribution < -0.4 is 4.74 Å². The highest BCUT2D eigenvalue weighted by Crippen LogP contribution is 2.21. The minimum atomic E-state index is -0.498. The molecular weight excluding hydrogens is 374 g/mol. The number of para-hydroxylation sites is 1. The zero-order chi connectivity index (χ0) is 18.9. The lowest BCUT2D eigenvalue weighted by atomic mass is 10.0. The Morgan fingerprint density at radius 2 is 1.68 bits per heavy atom. The van der Waals surface area contributed by atoms with Crippen LogP contribution >= 0.6 is 12.4 Å². The average molecular weight is 404 g/mol. The standard InChI is InChI=1S/C23H29NO3.ClH/c25-21(17-24-15-7-2-8-16-24)18-27-23-12-6-5-11-20(23)13-14-22(26)19-9-3-1-4-10-19;/h1,3-6,9-12,21,25H,2,7-8,13-18H2;1H. The number of Topliss-reactive ketones (excluding diaryl/α,β-unsaturated/α-hetero) is 1. The second-order valence-electron chi connectivity index (χ2n) is 7.22. The largest absolute Gasteiger partial charge is 0.491 e. The van der Waals surface area contributed by atoms with E-state index < -0.39 is 6.10 Å². The number of ether oxygens (including phenoxy) is 1. The van der Waals surface area contributed by atoms with Crippen molar-refractivity contribution in [2.75, 3.05) is 26.2 Å². The molecule has 152 valence electrons. The monoisotopic (exact) mass is 403 g/mol. The Bertz CT molecular complexity index is 717. The minimum absolute atomic E-state index is 0. The van der Waals surface area contributed by atoms with Gasteiger partial charge in [0.15, 0.2) is 5.78 Å². The van der Waals surface area contributed by atoms with Gasteiger partial charge in [-0.3, -0.25) is 4.79 Å². The highest BCUT2D eigenvalue weighted by molar-refractivity contribution is 5.96. The molecule has 2 aromatic rings. The second kappa shape index (κ2) is 11.8. The van der Waals surface area contributed by atoms with Gasteiger partial charge in [0.1, 0.15) is 18.5 Å². The van der Waals surface area contributed by atoms with Gasteiger partial charge in [0, 0.05) is 18.5 Å². The van der Waals surface area contributed by atoms with Crippen LogP contribution in [-0.2, 0) is 6.42 Å². The first kappa shape index (κ1) is 22.4. The fraction of sp³-hybridized carbons (Fsp3) is 0.435. The molecule has 0 bridgehead atoms. The van der Waals surface area contributed by atoms with Gasteiger partial charge in [-0.15, -0.1) is 12.4 Å². The van der Waals surface area contributed by atoms with Crippen molar-refractivity contribution in [2.24, 2.45) is 0 Å². The lowest BCUT2D eigenvalue weighted by Gasteiger charge is -2.28. The SMILES string of the molecule is Cl.O=C(CCc1ccccc1OCC(O)CN1CCCCC1)c1ccccc1. The first-order chi connectivity index (χ1) is 13.2. The van der Waals surface area contributed by atoms with Crippen LogP contribution in [0.15, 0.2) is 54.6 Å². The zero-order valence-corrected chi connectivity index (χ0v) is 17.1. The molecule has 1 heterocycles. The number of aryl methyl sites for hydroxylation is 1. The molecule has 1 aliphatic heterocycles.